The third-order valence-corrected chi connectivity index (χ3v) is 2.87. The molecule has 0 bridgehead atoms. The second-order valence-electron chi connectivity index (χ2n) is 4.61. The van der Waals surface area contributed by atoms with E-state index in [1.165, 1.54) is 16.6 Å². The van der Waals surface area contributed by atoms with Crippen LogP contribution < -0.4 is 4.90 Å². The van der Waals surface area contributed by atoms with Gasteiger partial charge < -0.3 is 4.90 Å². The van der Waals surface area contributed by atoms with Crippen LogP contribution in [0.3, 0.4) is 0 Å². The van der Waals surface area contributed by atoms with Gasteiger partial charge in [-0.3, -0.25) is 4.98 Å². The van der Waals surface area contributed by atoms with Gasteiger partial charge in [0.25, 0.3) is 0 Å². The molecule has 0 amide bonds. The van der Waals surface area contributed by atoms with Gasteiger partial charge in [-0.15, -0.1) is 0 Å². The van der Waals surface area contributed by atoms with Gasteiger partial charge in [0, 0.05) is 30.9 Å². The van der Waals surface area contributed by atoms with Crippen LogP contribution in [0.4, 0.5) is 5.69 Å². The first kappa shape index (κ1) is 11.6. The van der Waals surface area contributed by atoms with Crippen LogP contribution in [0.1, 0.15) is 12.5 Å². The summed E-state index contributed by atoms with van der Waals surface area (Å²) < 4.78 is 0. The molecule has 0 unspecified atom stereocenters. The Hall–Kier alpha value is -1.83. The Balaban J connectivity index is 2.54. The summed E-state index contributed by atoms with van der Waals surface area (Å²) in [6.07, 6.45) is 1.87. The normalized spacial score (nSPS) is 10.5. The van der Waals surface area contributed by atoms with Crippen molar-refractivity contribution in [2.24, 2.45) is 0 Å². The van der Waals surface area contributed by atoms with Crippen molar-refractivity contribution < 1.29 is 0 Å². The number of hydrogen-bond acceptors (Lipinski definition) is 2. The van der Waals surface area contributed by atoms with Crippen LogP contribution in [-0.4, -0.2) is 18.6 Å². The number of pyridine rings is 1. The van der Waals surface area contributed by atoms with E-state index in [2.05, 4.69) is 54.7 Å². The number of likely N-dealkylation sites (N-methyl/N-ethyl adjacent to an activating group) is 1. The Kier molecular flexibility index (Phi) is 3.14. The highest BCUT2D eigenvalue weighted by Gasteiger charge is 2.07. The topological polar surface area (TPSA) is 16.1 Å². The van der Waals surface area contributed by atoms with Gasteiger partial charge in [0.2, 0.25) is 0 Å². The number of fused-ring (bicyclic) bond motifs is 1. The molecule has 2 aromatic rings. The number of rotatable bonds is 3. The SMILES string of the molecule is C=C(C)CN(C)c1ccnc2c(C)cccc12. The zero-order valence-corrected chi connectivity index (χ0v) is 10.7. The van der Waals surface area contributed by atoms with Gasteiger partial charge in [-0.1, -0.05) is 30.4 Å². The molecule has 1 aromatic heterocycles. The van der Waals surface area contributed by atoms with Gasteiger partial charge in [-0.2, -0.15) is 0 Å². The highest BCUT2D eigenvalue weighted by Crippen LogP contribution is 2.26. The molecule has 1 aromatic carbocycles. The number of benzene rings is 1. The monoisotopic (exact) mass is 226 g/mol. The average Bonchev–Trinajstić information content (AvgIpc) is 2.28. The van der Waals surface area contributed by atoms with Crippen LogP contribution in [0.5, 0.6) is 0 Å². The molecule has 0 radical (unpaired) electrons. The van der Waals surface area contributed by atoms with Crippen LogP contribution in [0.15, 0.2) is 42.6 Å². The summed E-state index contributed by atoms with van der Waals surface area (Å²) in [5, 5.41) is 1.20. The van der Waals surface area contributed by atoms with Crippen molar-refractivity contribution in [3.63, 3.8) is 0 Å². The second-order valence-corrected chi connectivity index (χ2v) is 4.61. The molecule has 0 aliphatic heterocycles. The molecule has 88 valence electrons. The first-order chi connectivity index (χ1) is 8.09. The smallest absolute Gasteiger partial charge is 0.0751 e. The van der Waals surface area contributed by atoms with E-state index in [9.17, 15) is 0 Å². The fraction of sp³-hybridized carbons (Fsp3) is 0.267. The maximum absolute atomic E-state index is 4.45. The number of aromatic nitrogens is 1. The van der Waals surface area contributed by atoms with Crippen molar-refractivity contribution in [2.45, 2.75) is 13.8 Å². The predicted octanol–water partition coefficient (Wildman–Crippen LogP) is 3.56. The van der Waals surface area contributed by atoms with E-state index < -0.39 is 0 Å². The summed E-state index contributed by atoms with van der Waals surface area (Å²) in [5.41, 5.74) is 4.67. The second kappa shape index (κ2) is 4.58. The third kappa shape index (κ3) is 2.31. The quantitative estimate of drug-likeness (QED) is 0.744. The number of hydrogen-bond donors (Lipinski definition) is 0. The molecule has 0 aliphatic rings. The molecule has 2 heteroatoms. The van der Waals surface area contributed by atoms with Gasteiger partial charge >= 0.3 is 0 Å². The molecule has 0 N–H and O–H groups in total. The fourth-order valence-electron chi connectivity index (χ4n) is 2.13. The summed E-state index contributed by atoms with van der Waals surface area (Å²) >= 11 is 0. The molecular weight excluding hydrogens is 208 g/mol. The van der Waals surface area contributed by atoms with Crippen molar-refractivity contribution in [2.75, 3.05) is 18.5 Å². The Morgan fingerprint density at radius 3 is 2.82 bits per heavy atom. The van der Waals surface area contributed by atoms with Crippen LogP contribution in [-0.2, 0) is 0 Å². The molecule has 0 saturated heterocycles. The van der Waals surface area contributed by atoms with Gasteiger partial charge in [-0.25, -0.2) is 0 Å². The summed E-state index contributed by atoms with van der Waals surface area (Å²) in [7, 11) is 2.09. The highest BCUT2D eigenvalue weighted by molar-refractivity contribution is 5.93. The Morgan fingerprint density at radius 2 is 2.12 bits per heavy atom. The maximum atomic E-state index is 4.45. The van der Waals surface area contributed by atoms with E-state index in [1.807, 2.05) is 13.1 Å². The molecule has 17 heavy (non-hydrogen) atoms. The minimum absolute atomic E-state index is 0.868. The van der Waals surface area contributed by atoms with Crippen LogP contribution >= 0.6 is 0 Å². The van der Waals surface area contributed by atoms with E-state index in [4.69, 9.17) is 0 Å². The van der Waals surface area contributed by atoms with Crippen molar-refractivity contribution in [1.82, 2.24) is 4.98 Å². The minimum Gasteiger partial charge on any atom is -0.370 e. The van der Waals surface area contributed by atoms with Crippen molar-refractivity contribution in [3.8, 4) is 0 Å². The Morgan fingerprint density at radius 1 is 1.35 bits per heavy atom. The van der Waals surface area contributed by atoms with Crippen molar-refractivity contribution >= 4 is 16.6 Å². The Bertz CT molecular complexity index is 558. The first-order valence-electron chi connectivity index (χ1n) is 5.79. The highest BCUT2D eigenvalue weighted by atomic mass is 15.1. The largest absolute Gasteiger partial charge is 0.370 e. The zero-order chi connectivity index (χ0) is 12.4. The lowest BCUT2D eigenvalue weighted by molar-refractivity contribution is 0.990. The van der Waals surface area contributed by atoms with E-state index in [0.717, 1.165) is 17.6 Å². The van der Waals surface area contributed by atoms with Crippen LogP contribution in [0.25, 0.3) is 10.9 Å². The van der Waals surface area contributed by atoms with Gasteiger partial charge in [0.15, 0.2) is 0 Å². The minimum atomic E-state index is 0.868. The van der Waals surface area contributed by atoms with Gasteiger partial charge in [-0.05, 0) is 25.5 Å². The number of aryl methyl sites for hydroxylation is 1. The van der Waals surface area contributed by atoms with Gasteiger partial charge in [0.1, 0.15) is 0 Å². The molecule has 0 atom stereocenters. The lowest BCUT2D eigenvalue weighted by Gasteiger charge is -2.21. The van der Waals surface area contributed by atoms with Crippen molar-refractivity contribution in [1.29, 1.82) is 0 Å². The summed E-state index contributed by atoms with van der Waals surface area (Å²) in [5.74, 6) is 0. The molecule has 0 saturated carbocycles. The Labute approximate surface area is 103 Å². The predicted molar refractivity (Wildman–Crippen MR) is 74.6 cm³/mol. The molecule has 0 spiro atoms. The molecule has 1 heterocycles. The summed E-state index contributed by atoms with van der Waals surface area (Å²) in [6.45, 7) is 8.97. The molecule has 2 nitrogen and oxygen atoms in total. The third-order valence-electron chi connectivity index (χ3n) is 2.87. The number of para-hydroxylation sites is 1. The molecular formula is C15H18N2. The standard InChI is InChI=1S/C15H18N2/c1-11(2)10-17(4)14-8-9-16-15-12(3)6-5-7-13(14)15/h5-9H,1,10H2,2-4H3. The average molecular weight is 226 g/mol. The molecule has 0 aliphatic carbocycles. The van der Waals surface area contributed by atoms with E-state index in [-0.39, 0.29) is 0 Å². The molecule has 2 rings (SSSR count). The number of nitrogens with zero attached hydrogens (tertiary/aromatic N) is 2. The lowest BCUT2D eigenvalue weighted by Crippen LogP contribution is -2.19. The summed E-state index contributed by atoms with van der Waals surface area (Å²) in [6, 6.07) is 8.36. The zero-order valence-electron chi connectivity index (χ0n) is 10.7. The van der Waals surface area contributed by atoms with Crippen molar-refractivity contribution in [3.05, 3.63) is 48.2 Å². The lowest BCUT2D eigenvalue weighted by atomic mass is 10.1. The maximum Gasteiger partial charge on any atom is 0.0751 e. The molecule has 0 fully saturated rings. The number of anilines is 1. The van der Waals surface area contributed by atoms with E-state index >= 15 is 0 Å². The van der Waals surface area contributed by atoms with Crippen LogP contribution in [0, 0.1) is 6.92 Å². The van der Waals surface area contributed by atoms with Gasteiger partial charge in [0.05, 0.1) is 5.52 Å². The first-order valence-corrected chi connectivity index (χ1v) is 5.79. The fourth-order valence-corrected chi connectivity index (χ4v) is 2.13. The van der Waals surface area contributed by atoms with E-state index in [0.29, 0.717) is 0 Å². The van der Waals surface area contributed by atoms with E-state index in [1.54, 1.807) is 0 Å². The van der Waals surface area contributed by atoms with Crippen LogP contribution in [0.2, 0.25) is 0 Å². The summed E-state index contributed by atoms with van der Waals surface area (Å²) in [4.78, 5) is 6.67.